The average molecular weight is 222 g/mol. The van der Waals surface area contributed by atoms with Crippen LogP contribution < -0.4 is 0 Å². The third kappa shape index (κ3) is 1.99. The lowest BCUT2D eigenvalue weighted by Gasteiger charge is -1.97. The van der Waals surface area contributed by atoms with Gasteiger partial charge in [-0.25, -0.2) is 4.79 Å². The van der Waals surface area contributed by atoms with Crippen molar-refractivity contribution in [3.8, 4) is 0 Å². The van der Waals surface area contributed by atoms with Crippen molar-refractivity contribution in [2.75, 3.05) is 0 Å². The fourth-order valence-corrected chi connectivity index (χ4v) is 1.29. The van der Waals surface area contributed by atoms with Crippen molar-refractivity contribution in [1.82, 2.24) is 0 Å². The maximum Gasteiger partial charge on any atom is 0.443 e. The molecule has 1 heterocycles. The molecule has 0 unspecified atom stereocenters. The van der Waals surface area contributed by atoms with Gasteiger partial charge in [0.15, 0.2) is 0 Å². The molecule has 0 saturated heterocycles. The van der Waals surface area contributed by atoms with Gasteiger partial charge in [0.25, 0.3) is 0 Å². The molecular formula is C10H6ClN2O2+. The minimum Gasteiger partial charge on any atom is -0.261 e. The molecule has 2 rings (SSSR count). The molecule has 0 aliphatic carbocycles. The summed E-state index contributed by atoms with van der Waals surface area (Å²) in [5, 5.41) is 4.14. The van der Waals surface area contributed by atoms with Crippen molar-refractivity contribution in [3.63, 3.8) is 0 Å². The Morgan fingerprint density at radius 3 is 2.40 bits per heavy atom. The summed E-state index contributed by atoms with van der Waals surface area (Å²) in [7, 11) is 0. The SMILES string of the molecule is O=C1C=CC(=O)[N+](c2ccc(Cl)cc2)=N1. The van der Waals surface area contributed by atoms with Gasteiger partial charge in [-0.1, -0.05) is 11.6 Å². The van der Waals surface area contributed by atoms with Crippen LogP contribution in [0.5, 0.6) is 0 Å². The van der Waals surface area contributed by atoms with Gasteiger partial charge in [-0.15, -0.1) is 0 Å². The van der Waals surface area contributed by atoms with Gasteiger partial charge in [-0.05, 0) is 16.8 Å². The average Bonchev–Trinajstić information content (AvgIpc) is 2.23. The molecule has 0 radical (unpaired) electrons. The summed E-state index contributed by atoms with van der Waals surface area (Å²) in [4.78, 5) is 22.4. The Hall–Kier alpha value is -1.81. The van der Waals surface area contributed by atoms with Gasteiger partial charge in [-0.3, -0.25) is 4.79 Å². The number of amides is 2. The van der Waals surface area contributed by atoms with E-state index in [-0.39, 0.29) is 5.91 Å². The molecule has 0 N–H and O–H groups in total. The molecule has 74 valence electrons. The van der Waals surface area contributed by atoms with Crippen LogP contribution in [-0.2, 0) is 9.59 Å². The number of halogens is 1. The van der Waals surface area contributed by atoms with Crippen LogP contribution >= 0.6 is 11.6 Å². The number of rotatable bonds is 1. The lowest BCUT2D eigenvalue weighted by atomic mass is 10.3. The third-order valence-electron chi connectivity index (χ3n) is 1.85. The molecular weight excluding hydrogens is 216 g/mol. The molecule has 1 aromatic carbocycles. The van der Waals surface area contributed by atoms with E-state index in [1.165, 1.54) is 6.08 Å². The molecule has 2 amide bonds. The lowest BCUT2D eigenvalue weighted by Crippen LogP contribution is -2.17. The van der Waals surface area contributed by atoms with Gasteiger partial charge in [-0.2, -0.15) is 0 Å². The van der Waals surface area contributed by atoms with Gasteiger partial charge in [0, 0.05) is 23.2 Å². The largest absolute Gasteiger partial charge is 0.443 e. The Morgan fingerprint density at radius 1 is 1.07 bits per heavy atom. The van der Waals surface area contributed by atoms with Crippen molar-refractivity contribution in [2.24, 2.45) is 5.11 Å². The second-order valence-electron chi connectivity index (χ2n) is 2.90. The molecule has 0 spiro atoms. The Labute approximate surface area is 90.5 Å². The normalized spacial score (nSPS) is 15.4. The number of hydrogen-bond donors (Lipinski definition) is 0. The predicted molar refractivity (Wildman–Crippen MR) is 53.0 cm³/mol. The zero-order valence-electron chi connectivity index (χ0n) is 7.55. The highest BCUT2D eigenvalue weighted by Gasteiger charge is 2.25. The van der Waals surface area contributed by atoms with Crippen molar-refractivity contribution in [3.05, 3.63) is 41.4 Å². The second-order valence-corrected chi connectivity index (χ2v) is 3.33. The van der Waals surface area contributed by atoms with Gasteiger partial charge in [0.1, 0.15) is 0 Å². The Bertz CT molecular complexity index is 489. The summed E-state index contributed by atoms with van der Waals surface area (Å²) in [5.74, 6) is -0.804. The van der Waals surface area contributed by atoms with Crippen molar-refractivity contribution >= 4 is 29.1 Å². The standard InChI is InChI=1S/C10H6ClN2O2/c11-7-1-3-8(4-2-7)13-10(15)6-5-9(14)12-13/h1-6H/q+1. The zero-order chi connectivity index (χ0) is 10.8. The highest BCUT2D eigenvalue weighted by molar-refractivity contribution is 6.30. The van der Waals surface area contributed by atoms with E-state index in [0.717, 1.165) is 10.8 Å². The smallest absolute Gasteiger partial charge is 0.261 e. The zero-order valence-corrected chi connectivity index (χ0v) is 8.31. The first-order chi connectivity index (χ1) is 7.16. The summed E-state index contributed by atoms with van der Waals surface area (Å²) in [6.07, 6.45) is 2.32. The third-order valence-corrected chi connectivity index (χ3v) is 2.10. The van der Waals surface area contributed by atoms with Crippen LogP contribution in [0.1, 0.15) is 0 Å². The van der Waals surface area contributed by atoms with Crippen molar-refractivity contribution in [2.45, 2.75) is 0 Å². The monoisotopic (exact) mass is 221 g/mol. The van der Waals surface area contributed by atoms with Gasteiger partial charge in [0.05, 0.1) is 11.2 Å². The van der Waals surface area contributed by atoms with E-state index >= 15 is 0 Å². The van der Waals surface area contributed by atoms with E-state index in [0.29, 0.717) is 10.7 Å². The number of azo groups is 2. The van der Waals surface area contributed by atoms with Crippen LogP contribution in [0.3, 0.4) is 0 Å². The van der Waals surface area contributed by atoms with Crippen LogP contribution in [-0.4, -0.2) is 16.5 Å². The van der Waals surface area contributed by atoms with Crippen LogP contribution in [0.4, 0.5) is 5.69 Å². The van der Waals surface area contributed by atoms with Crippen LogP contribution in [0.15, 0.2) is 41.5 Å². The quantitative estimate of drug-likeness (QED) is 0.682. The van der Waals surface area contributed by atoms with E-state index in [9.17, 15) is 9.59 Å². The van der Waals surface area contributed by atoms with Crippen LogP contribution in [0, 0.1) is 0 Å². The van der Waals surface area contributed by atoms with Gasteiger partial charge >= 0.3 is 11.8 Å². The molecule has 0 saturated carbocycles. The summed E-state index contributed by atoms with van der Waals surface area (Å²) in [5.41, 5.74) is 0.516. The van der Waals surface area contributed by atoms with E-state index in [1.54, 1.807) is 24.3 Å². The Morgan fingerprint density at radius 2 is 1.73 bits per heavy atom. The molecule has 5 heteroatoms. The number of carbonyl (C=O) groups excluding carboxylic acids is 2. The summed E-state index contributed by atoms with van der Waals surface area (Å²) in [6, 6.07) is 6.50. The van der Waals surface area contributed by atoms with Gasteiger partial charge < -0.3 is 0 Å². The van der Waals surface area contributed by atoms with Gasteiger partial charge in [0.2, 0.25) is 5.69 Å². The summed E-state index contributed by atoms with van der Waals surface area (Å²) < 4.78 is 1.04. The molecule has 1 aliphatic heterocycles. The lowest BCUT2D eigenvalue weighted by molar-refractivity contribution is -0.425. The number of carbonyl (C=O) groups is 2. The van der Waals surface area contributed by atoms with Crippen LogP contribution in [0.2, 0.25) is 5.02 Å². The molecule has 0 aromatic heterocycles. The first-order valence-corrected chi connectivity index (χ1v) is 4.58. The highest BCUT2D eigenvalue weighted by Crippen LogP contribution is 2.18. The predicted octanol–water partition coefficient (Wildman–Crippen LogP) is 2.06. The number of benzene rings is 1. The molecule has 0 fully saturated rings. The van der Waals surface area contributed by atoms with Crippen molar-refractivity contribution < 1.29 is 14.3 Å². The van der Waals surface area contributed by atoms with E-state index in [2.05, 4.69) is 5.11 Å². The molecule has 15 heavy (non-hydrogen) atoms. The minimum absolute atomic E-state index is 0.350. The van der Waals surface area contributed by atoms with E-state index in [4.69, 9.17) is 11.6 Å². The molecule has 1 aliphatic rings. The molecule has 0 bridgehead atoms. The molecule has 1 aromatic rings. The minimum atomic E-state index is -0.454. The summed E-state index contributed by atoms with van der Waals surface area (Å²) in [6.45, 7) is 0. The molecule has 4 nitrogen and oxygen atoms in total. The van der Waals surface area contributed by atoms with E-state index in [1.807, 2.05) is 0 Å². The first kappa shape index (κ1) is 9.73. The van der Waals surface area contributed by atoms with Crippen LogP contribution in [0.25, 0.3) is 0 Å². The molecule has 0 atom stereocenters. The maximum atomic E-state index is 11.4. The fraction of sp³-hybridized carbons (Fsp3) is 0. The Balaban J connectivity index is 2.43. The first-order valence-electron chi connectivity index (χ1n) is 4.20. The second kappa shape index (κ2) is 3.74. The topological polar surface area (TPSA) is 49.5 Å². The van der Waals surface area contributed by atoms with Crippen molar-refractivity contribution in [1.29, 1.82) is 0 Å². The van der Waals surface area contributed by atoms with E-state index < -0.39 is 5.91 Å². The highest BCUT2D eigenvalue weighted by atomic mass is 35.5. The maximum absolute atomic E-state index is 11.4. The fourth-order valence-electron chi connectivity index (χ4n) is 1.16. The number of hydrogen-bond acceptors (Lipinski definition) is 2. The number of nitrogens with zero attached hydrogens (tertiary/aromatic N) is 2. The Kier molecular flexibility index (Phi) is 2.43. The summed E-state index contributed by atoms with van der Waals surface area (Å²) >= 11 is 5.70.